The van der Waals surface area contributed by atoms with Crippen LogP contribution in [0.25, 0.3) is 0 Å². The van der Waals surface area contributed by atoms with Crippen molar-refractivity contribution in [2.75, 3.05) is 20.8 Å². The molecule has 0 unspecified atom stereocenters. The van der Waals surface area contributed by atoms with E-state index in [1.807, 2.05) is 54.6 Å². The van der Waals surface area contributed by atoms with E-state index < -0.39 is 10.0 Å². The van der Waals surface area contributed by atoms with Crippen LogP contribution < -0.4 is 14.2 Å². The molecule has 0 aliphatic rings. The third-order valence-electron chi connectivity index (χ3n) is 6.76. The van der Waals surface area contributed by atoms with Gasteiger partial charge < -0.3 is 14.2 Å². The van der Waals surface area contributed by atoms with Crippen LogP contribution in [-0.4, -0.2) is 33.5 Å². The molecule has 0 saturated carbocycles. The Bertz CT molecular complexity index is 1560. The number of benzene rings is 4. The number of ether oxygens (including phenoxy) is 3. The van der Waals surface area contributed by atoms with Gasteiger partial charge >= 0.3 is 0 Å². The lowest BCUT2D eigenvalue weighted by molar-refractivity contribution is 0.354. The summed E-state index contributed by atoms with van der Waals surface area (Å²) in [5.74, 6) is 2.47. The summed E-state index contributed by atoms with van der Waals surface area (Å²) in [6.07, 6.45) is 0.487. The summed E-state index contributed by atoms with van der Waals surface area (Å²) >= 11 is 6.00. The Kier molecular flexibility index (Phi) is 9.64. The standard InChI is InChI=1S/C33H36ClNO5S/c1-33(2,3)26-10-16-30(17-11-26)41(36,37)35(20-19-24-9-18-31(38-4)32(22-24)39-5)23-25-7-6-8-29(21-25)40-28-14-12-27(34)13-15-28/h6-18,21-22H,19-20,23H2,1-5H3. The molecule has 216 valence electrons. The molecular formula is C33H36ClNO5S. The van der Waals surface area contributed by atoms with Crippen LogP contribution in [0, 0.1) is 0 Å². The van der Waals surface area contributed by atoms with Crippen LogP contribution in [0.5, 0.6) is 23.0 Å². The fourth-order valence-electron chi connectivity index (χ4n) is 4.40. The number of hydrogen-bond donors (Lipinski definition) is 0. The molecule has 0 heterocycles. The van der Waals surface area contributed by atoms with Crippen molar-refractivity contribution in [2.45, 2.75) is 44.0 Å². The van der Waals surface area contributed by atoms with Gasteiger partial charge in [0.1, 0.15) is 11.5 Å². The molecule has 0 aliphatic heterocycles. The molecular weight excluding hydrogens is 558 g/mol. The summed E-state index contributed by atoms with van der Waals surface area (Å²) < 4.78 is 46.3. The number of rotatable bonds is 11. The Labute approximate surface area is 248 Å². The smallest absolute Gasteiger partial charge is 0.243 e. The van der Waals surface area contributed by atoms with Crippen molar-refractivity contribution in [3.8, 4) is 23.0 Å². The van der Waals surface area contributed by atoms with E-state index in [2.05, 4.69) is 20.8 Å². The summed E-state index contributed by atoms with van der Waals surface area (Å²) in [6, 6.07) is 27.3. The van der Waals surface area contributed by atoms with Crippen LogP contribution in [0.3, 0.4) is 0 Å². The summed E-state index contributed by atoms with van der Waals surface area (Å²) in [5.41, 5.74) is 2.73. The predicted octanol–water partition coefficient (Wildman–Crippen LogP) is 7.88. The summed E-state index contributed by atoms with van der Waals surface area (Å²) in [4.78, 5) is 0.256. The van der Waals surface area contributed by atoms with E-state index in [0.29, 0.717) is 34.4 Å². The molecule has 0 radical (unpaired) electrons. The second-order valence-corrected chi connectivity index (χ2v) is 13.1. The molecule has 0 fully saturated rings. The molecule has 0 bridgehead atoms. The van der Waals surface area contributed by atoms with Crippen molar-refractivity contribution >= 4 is 21.6 Å². The van der Waals surface area contributed by atoms with Crippen molar-refractivity contribution in [1.82, 2.24) is 4.31 Å². The number of methoxy groups -OCH3 is 2. The second-order valence-electron chi connectivity index (χ2n) is 10.8. The molecule has 6 nitrogen and oxygen atoms in total. The lowest BCUT2D eigenvalue weighted by Gasteiger charge is -2.24. The van der Waals surface area contributed by atoms with Gasteiger partial charge in [-0.3, -0.25) is 0 Å². The van der Waals surface area contributed by atoms with Gasteiger partial charge in [0.2, 0.25) is 10.0 Å². The van der Waals surface area contributed by atoms with E-state index in [-0.39, 0.29) is 23.4 Å². The Morgan fingerprint density at radius 1 is 0.756 bits per heavy atom. The molecule has 0 atom stereocenters. The Balaban J connectivity index is 1.62. The van der Waals surface area contributed by atoms with Crippen molar-refractivity contribution in [2.24, 2.45) is 0 Å². The number of sulfonamides is 1. The quantitative estimate of drug-likeness (QED) is 0.177. The van der Waals surface area contributed by atoms with Gasteiger partial charge in [-0.25, -0.2) is 8.42 Å². The zero-order chi connectivity index (χ0) is 29.6. The van der Waals surface area contributed by atoms with Crippen LogP contribution in [0.1, 0.15) is 37.5 Å². The van der Waals surface area contributed by atoms with Gasteiger partial charge in [0.05, 0.1) is 19.1 Å². The predicted molar refractivity (Wildman–Crippen MR) is 164 cm³/mol. The first-order chi connectivity index (χ1) is 19.5. The molecule has 8 heteroatoms. The topological polar surface area (TPSA) is 65.1 Å². The number of hydrogen-bond acceptors (Lipinski definition) is 5. The first kappa shape index (κ1) is 30.4. The zero-order valence-electron chi connectivity index (χ0n) is 24.1. The van der Waals surface area contributed by atoms with Crippen molar-refractivity contribution in [3.63, 3.8) is 0 Å². The SMILES string of the molecule is COc1ccc(CCN(Cc2cccc(Oc3ccc(Cl)cc3)c2)S(=O)(=O)c2ccc(C(C)(C)C)cc2)cc1OC. The highest BCUT2D eigenvalue weighted by Crippen LogP contribution is 2.30. The number of halogens is 1. The van der Waals surface area contributed by atoms with Crippen molar-refractivity contribution < 1.29 is 22.6 Å². The molecule has 4 aromatic rings. The highest BCUT2D eigenvalue weighted by Gasteiger charge is 2.26. The fraction of sp³-hybridized carbons (Fsp3) is 0.273. The van der Waals surface area contributed by atoms with Gasteiger partial charge in [-0.2, -0.15) is 4.31 Å². The van der Waals surface area contributed by atoms with Gasteiger partial charge in [-0.15, -0.1) is 0 Å². The van der Waals surface area contributed by atoms with E-state index >= 15 is 0 Å². The second kappa shape index (κ2) is 13.0. The van der Waals surface area contributed by atoms with E-state index in [0.717, 1.165) is 16.7 Å². The molecule has 4 aromatic carbocycles. The molecule has 0 spiro atoms. The fourth-order valence-corrected chi connectivity index (χ4v) is 5.95. The summed E-state index contributed by atoms with van der Waals surface area (Å²) in [7, 11) is -0.648. The highest BCUT2D eigenvalue weighted by molar-refractivity contribution is 7.89. The van der Waals surface area contributed by atoms with E-state index in [4.69, 9.17) is 25.8 Å². The number of nitrogens with zero attached hydrogens (tertiary/aromatic N) is 1. The van der Waals surface area contributed by atoms with Crippen LogP contribution in [0.15, 0.2) is 95.9 Å². The minimum atomic E-state index is -3.81. The van der Waals surface area contributed by atoms with Gasteiger partial charge in [-0.1, -0.05) is 62.7 Å². The maximum absolute atomic E-state index is 14.0. The third kappa shape index (κ3) is 7.82. The average Bonchev–Trinajstić information content (AvgIpc) is 2.96. The van der Waals surface area contributed by atoms with Gasteiger partial charge in [-0.05, 0) is 89.2 Å². The van der Waals surface area contributed by atoms with E-state index in [1.165, 1.54) is 4.31 Å². The lowest BCUT2D eigenvalue weighted by atomic mass is 9.87. The molecule has 4 rings (SSSR count). The maximum atomic E-state index is 14.0. The highest BCUT2D eigenvalue weighted by atomic mass is 35.5. The minimum absolute atomic E-state index is 0.0834. The Morgan fingerprint density at radius 3 is 2.07 bits per heavy atom. The van der Waals surface area contributed by atoms with E-state index in [1.54, 1.807) is 50.6 Å². The average molecular weight is 594 g/mol. The zero-order valence-corrected chi connectivity index (χ0v) is 25.6. The Hall–Kier alpha value is -3.52. The van der Waals surface area contributed by atoms with Gasteiger partial charge in [0, 0.05) is 18.1 Å². The molecule has 0 aliphatic carbocycles. The van der Waals surface area contributed by atoms with Crippen LogP contribution in [0.4, 0.5) is 0 Å². The first-order valence-electron chi connectivity index (χ1n) is 13.3. The van der Waals surface area contributed by atoms with Crippen LogP contribution >= 0.6 is 11.6 Å². The van der Waals surface area contributed by atoms with Crippen LogP contribution in [-0.2, 0) is 28.4 Å². The van der Waals surface area contributed by atoms with Gasteiger partial charge in [0.25, 0.3) is 0 Å². The Morgan fingerprint density at radius 2 is 1.44 bits per heavy atom. The summed E-state index contributed by atoms with van der Waals surface area (Å²) in [5, 5.41) is 0.622. The first-order valence-corrected chi connectivity index (χ1v) is 15.2. The normalized spacial score (nSPS) is 11.9. The lowest BCUT2D eigenvalue weighted by Crippen LogP contribution is -2.32. The van der Waals surface area contributed by atoms with Crippen molar-refractivity contribution in [3.05, 3.63) is 113 Å². The van der Waals surface area contributed by atoms with E-state index in [9.17, 15) is 8.42 Å². The largest absolute Gasteiger partial charge is 0.493 e. The molecule has 0 amide bonds. The van der Waals surface area contributed by atoms with Crippen LogP contribution in [0.2, 0.25) is 5.02 Å². The van der Waals surface area contributed by atoms with Gasteiger partial charge in [0.15, 0.2) is 11.5 Å². The van der Waals surface area contributed by atoms with Crippen molar-refractivity contribution in [1.29, 1.82) is 0 Å². The molecule has 41 heavy (non-hydrogen) atoms. The maximum Gasteiger partial charge on any atom is 0.243 e. The monoisotopic (exact) mass is 593 g/mol. The summed E-state index contributed by atoms with van der Waals surface area (Å²) in [6.45, 7) is 6.75. The molecule has 0 aromatic heterocycles. The third-order valence-corrected chi connectivity index (χ3v) is 8.87. The molecule has 0 saturated heterocycles. The minimum Gasteiger partial charge on any atom is -0.493 e. The molecule has 0 N–H and O–H groups in total.